The zero-order valence-corrected chi connectivity index (χ0v) is 18.0. The molecule has 0 unspecified atom stereocenters. The van der Waals surface area contributed by atoms with Crippen LogP contribution in [0.4, 0.5) is 0 Å². The first-order valence-electron chi connectivity index (χ1n) is 10.9. The molecule has 1 aliphatic rings. The number of aryl methyl sites for hydroxylation is 1. The summed E-state index contributed by atoms with van der Waals surface area (Å²) in [4.78, 5) is 15.1. The van der Waals surface area contributed by atoms with E-state index in [0.717, 1.165) is 35.5 Å². The number of amides is 1. The van der Waals surface area contributed by atoms with Gasteiger partial charge in [0.15, 0.2) is 5.76 Å². The Morgan fingerprint density at radius 1 is 1.06 bits per heavy atom. The van der Waals surface area contributed by atoms with Crippen LogP contribution in [0.3, 0.4) is 0 Å². The van der Waals surface area contributed by atoms with Crippen LogP contribution in [0, 0.1) is 12.8 Å². The second-order valence-corrected chi connectivity index (χ2v) is 8.14. The lowest BCUT2D eigenvalue weighted by molar-refractivity contribution is 0.0701. The fourth-order valence-corrected chi connectivity index (χ4v) is 3.75. The fourth-order valence-electron chi connectivity index (χ4n) is 3.75. The number of ether oxygens (including phenoxy) is 1. The van der Waals surface area contributed by atoms with E-state index in [4.69, 9.17) is 14.3 Å². The molecule has 0 atom stereocenters. The summed E-state index contributed by atoms with van der Waals surface area (Å²) in [5, 5.41) is 4.78. The topological polar surface area (TPSA) is 60.5 Å². The number of hydrogen-bond acceptors (Lipinski definition) is 4. The molecule has 1 saturated carbocycles. The van der Waals surface area contributed by atoms with Crippen molar-refractivity contribution in [3.05, 3.63) is 96.1 Å². The number of para-hydroxylation sites is 2. The monoisotopic (exact) mass is 427 g/mol. The van der Waals surface area contributed by atoms with Crippen LogP contribution in [0.15, 0.2) is 83.5 Å². The van der Waals surface area contributed by atoms with Gasteiger partial charge in [-0.1, -0.05) is 36.4 Å². The Bertz CT molecular complexity index is 1180. The molecule has 2 heterocycles. The number of rotatable bonds is 8. The average molecular weight is 428 g/mol. The zero-order valence-electron chi connectivity index (χ0n) is 18.0. The van der Waals surface area contributed by atoms with Crippen molar-refractivity contribution >= 4 is 5.91 Å². The van der Waals surface area contributed by atoms with Gasteiger partial charge in [0.25, 0.3) is 5.91 Å². The van der Waals surface area contributed by atoms with Crippen molar-refractivity contribution in [2.75, 3.05) is 6.54 Å². The Hall–Kier alpha value is -3.80. The standard InChI is InChI=1S/C26H25N3O3/c1-19-23(18-28(17-20-14-15-20)25(30)24-13-8-16-31-24)26(32-22-11-6-3-7-12-22)29(27-19)21-9-4-2-5-10-21/h2-13,16,20H,14-15,17-18H2,1H3. The van der Waals surface area contributed by atoms with Crippen molar-refractivity contribution in [3.8, 4) is 17.3 Å². The van der Waals surface area contributed by atoms with Gasteiger partial charge < -0.3 is 14.1 Å². The lowest BCUT2D eigenvalue weighted by Gasteiger charge is -2.22. The summed E-state index contributed by atoms with van der Waals surface area (Å²) in [6.45, 7) is 3.05. The number of aromatic nitrogens is 2. The Morgan fingerprint density at radius 3 is 2.44 bits per heavy atom. The van der Waals surface area contributed by atoms with Gasteiger partial charge in [-0.2, -0.15) is 5.10 Å². The Labute approximate surface area is 187 Å². The van der Waals surface area contributed by atoms with Gasteiger partial charge in [0.05, 0.1) is 29.8 Å². The minimum absolute atomic E-state index is 0.112. The van der Waals surface area contributed by atoms with Crippen LogP contribution in [-0.2, 0) is 6.54 Å². The van der Waals surface area contributed by atoms with Crippen LogP contribution in [0.1, 0.15) is 34.7 Å². The second-order valence-electron chi connectivity index (χ2n) is 8.14. The molecule has 0 aliphatic heterocycles. The van der Waals surface area contributed by atoms with E-state index in [1.807, 2.05) is 77.2 Å². The molecule has 32 heavy (non-hydrogen) atoms. The summed E-state index contributed by atoms with van der Waals surface area (Å²) in [5.41, 5.74) is 2.62. The maximum absolute atomic E-state index is 13.2. The molecule has 0 N–H and O–H groups in total. The first-order valence-corrected chi connectivity index (χ1v) is 10.9. The average Bonchev–Trinajstić information content (AvgIpc) is 3.37. The molecule has 0 spiro atoms. The first kappa shape index (κ1) is 20.1. The van der Waals surface area contributed by atoms with Crippen molar-refractivity contribution < 1.29 is 13.9 Å². The van der Waals surface area contributed by atoms with Crippen molar-refractivity contribution in [1.29, 1.82) is 0 Å². The number of carbonyl (C=O) groups excluding carboxylic acids is 1. The van der Waals surface area contributed by atoms with E-state index in [1.54, 1.807) is 12.1 Å². The number of carbonyl (C=O) groups is 1. The molecule has 1 amide bonds. The highest BCUT2D eigenvalue weighted by Crippen LogP contribution is 2.34. The fraction of sp³-hybridized carbons (Fsp3) is 0.231. The highest BCUT2D eigenvalue weighted by Gasteiger charge is 2.30. The summed E-state index contributed by atoms with van der Waals surface area (Å²) >= 11 is 0. The van der Waals surface area contributed by atoms with Crippen molar-refractivity contribution in [1.82, 2.24) is 14.7 Å². The molecular weight excluding hydrogens is 402 g/mol. The van der Waals surface area contributed by atoms with Gasteiger partial charge in [-0.15, -0.1) is 0 Å². The van der Waals surface area contributed by atoms with Crippen LogP contribution >= 0.6 is 0 Å². The van der Waals surface area contributed by atoms with Gasteiger partial charge in [0, 0.05) is 6.54 Å². The molecule has 162 valence electrons. The minimum Gasteiger partial charge on any atom is -0.459 e. The SMILES string of the molecule is Cc1nn(-c2ccccc2)c(Oc2ccccc2)c1CN(CC1CC1)C(=O)c1ccco1. The Kier molecular flexibility index (Phi) is 5.50. The van der Waals surface area contributed by atoms with Crippen LogP contribution in [0.25, 0.3) is 5.69 Å². The summed E-state index contributed by atoms with van der Waals surface area (Å²) in [5.74, 6) is 2.12. The Balaban J connectivity index is 1.54. The lowest BCUT2D eigenvalue weighted by atomic mass is 10.2. The third-order valence-electron chi connectivity index (χ3n) is 5.64. The molecular formula is C26H25N3O3. The van der Waals surface area contributed by atoms with Gasteiger partial charge in [-0.25, -0.2) is 4.68 Å². The molecule has 0 radical (unpaired) electrons. The number of hydrogen-bond donors (Lipinski definition) is 0. The molecule has 5 rings (SSSR count). The highest BCUT2D eigenvalue weighted by molar-refractivity contribution is 5.91. The summed E-state index contributed by atoms with van der Waals surface area (Å²) in [6, 6.07) is 23.0. The van der Waals surface area contributed by atoms with Gasteiger partial charge >= 0.3 is 0 Å². The predicted molar refractivity (Wildman–Crippen MR) is 121 cm³/mol. The van der Waals surface area contributed by atoms with E-state index < -0.39 is 0 Å². The van der Waals surface area contributed by atoms with E-state index in [9.17, 15) is 4.79 Å². The molecule has 2 aromatic heterocycles. The van der Waals surface area contributed by atoms with Gasteiger partial charge in [-0.05, 0) is 62.1 Å². The Morgan fingerprint density at radius 2 is 1.78 bits per heavy atom. The smallest absolute Gasteiger partial charge is 0.289 e. The van der Waals surface area contributed by atoms with Crippen molar-refractivity contribution in [2.45, 2.75) is 26.3 Å². The maximum Gasteiger partial charge on any atom is 0.289 e. The zero-order chi connectivity index (χ0) is 21.9. The molecule has 1 fully saturated rings. The summed E-state index contributed by atoms with van der Waals surface area (Å²) in [7, 11) is 0. The predicted octanol–water partition coefficient (Wildman–Crippen LogP) is 5.62. The number of furan rings is 1. The second kappa shape index (κ2) is 8.75. The van der Waals surface area contributed by atoms with Gasteiger partial charge in [0.1, 0.15) is 5.75 Å². The molecule has 6 nitrogen and oxygen atoms in total. The van der Waals surface area contributed by atoms with Gasteiger partial charge in [0.2, 0.25) is 5.88 Å². The summed E-state index contributed by atoms with van der Waals surface area (Å²) in [6.07, 6.45) is 3.83. The minimum atomic E-state index is -0.112. The van der Waals surface area contributed by atoms with Gasteiger partial charge in [-0.3, -0.25) is 4.79 Å². The molecule has 1 aliphatic carbocycles. The van der Waals surface area contributed by atoms with E-state index in [0.29, 0.717) is 30.6 Å². The number of benzene rings is 2. The quantitative estimate of drug-likeness (QED) is 0.366. The van der Waals surface area contributed by atoms with Crippen LogP contribution in [-0.4, -0.2) is 27.1 Å². The molecule has 6 heteroatoms. The largest absolute Gasteiger partial charge is 0.459 e. The summed E-state index contributed by atoms with van der Waals surface area (Å²) < 4.78 is 13.6. The third kappa shape index (κ3) is 4.30. The van der Waals surface area contributed by atoms with E-state index >= 15 is 0 Å². The highest BCUT2D eigenvalue weighted by atomic mass is 16.5. The molecule has 0 saturated heterocycles. The van der Waals surface area contributed by atoms with E-state index in [-0.39, 0.29) is 5.91 Å². The maximum atomic E-state index is 13.2. The van der Waals surface area contributed by atoms with E-state index in [1.165, 1.54) is 6.26 Å². The van der Waals surface area contributed by atoms with Crippen LogP contribution < -0.4 is 4.74 Å². The van der Waals surface area contributed by atoms with Crippen molar-refractivity contribution in [3.63, 3.8) is 0 Å². The normalized spacial score (nSPS) is 13.2. The van der Waals surface area contributed by atoms with Crippen LogP contribution in [0.2, 0.25) is 0 Å². The molecule has 2 aromatic carbocycles. The van der Waals surface area contributed by atoms with Crippen molar-refractivity contribution in [2.24, 2.45) is 5.92 Å². The van der Waals surface area contributed by atoms with Crippen LogP contribution in [0.5, 0.6) is 11.6 Å². The van der Waals surface area contributed by atoms with E-state index in [2.05, 4.69) is 0 Å². The molecule has 0 bridgehead atoms. The first-order chi connectivity index (χ1) is 15.7. The lowest BCUT2D eigenvalue weighted by Crippen LogP contribution is -2.32. The molecule has 4 aromatic rings. The number of nitrogens with zero attached hydrogens (tertiary/aromatic N) is 3. The third-order valence-corrected chi connectivity index (χ3v) is 5.64.